The van der Waals surface area contributed by atoms with Crippen LogP contribution in [0.15, 0.2) is 121 Å². The quantitative estimate of drug-likeness (QED) is 0.216. The maximum atomic E-state index is 2.89. The predicted octanol–water partition coefficient (Wildman–Crippen LogP) is 7.21. The highest BCUT2D eigenvalue weighted by Gasteiger charge is 2.34. The minimum atomic E-state index is -0.709. The lowest BCUT2D eigenvalue weighted by Crippen LogP contribution is -2.37. The van der Waals surface area contributed by atoms with Crippen molar-refractivity contribution in [1.82, 2.24) is 4.44 Å². The molecule has 0 bridgehead atoms. The Labute approximate surface area is 208 Å². The fourth-order valence-electron chi connectivity index (χ4n) is 4.22. The first kappa shape index (κ1) is 24.8. The van der Waals surface area contributed by atoms with Gasteiger partial charge in [0.15, 0.2) is 0 Å². The average molecular weight is 484 g/mol. The molecule has 0 aliphatic heterocycles. The Morgan fingerprint density at radius 3 is 1.03 bits per heavy atom. The van der Waals surface area contributed by atoms with Gasteiger partial charge in [-0.05, 0) is 46.9 Å². The Kier molecular flexibility index (Phi) is 9.06. The molecule has 0 radical (unpaired) electrons. The third kappa shape index (κ3) is 6.22. The van der Waals surface area contributed by atoms with Crippen molar-refractivity contribution in [1.29, 1.82) is 0 Å². The van der Waals surface area contributed by atoms with E-state index < -0.39 is 16.1 Å². The molecule has 0 aromatic heterocycles. The van der Waals surface area contributed by atoms with E-state index in [9.17, 15) is 0 Å². The van der Waals surface area contributed by atoms with Gasteiger partial charge < -0.3 is 0 Å². The van der Waals surface area contributed by atoms with Gasteiger partial charge in [0.2, 0.25) is 0 Å². The van der Waals surface area contributed by atoms with E-state index in [1.807, 2.05) is 0 Å². The Hall–Kier alpha value is -2.30. The fraction of sp³-hybridized carbons (Fsp3) is 0.226. The predicted molar refractivity (Wildman–Crippen MR) is 154 cm³/mol. The van der Waals surface area contributed by atoms with Gasteiger partial charge in [0.25, 0.3) is 0 Å². The van der Waals surface area contributed by atoms with Crippen molar-refractivity contribution in [2.75, 3.05) is 0 Å². The Balaban J connectivity index is 1.92. The summed E-state index contributed by atoms with van der Waals surface area (Å²) in [6.07, 6.45) is 2.42. The highest BCUT2D eigenvalue weighted by atomic mass is 31.2. The molecule has 1 atom stereocenters. The van der Waals surface area contributed by atoms with Gasteiger partial charge in [0, 0.05) is 22.2 Å². The van der Waals surface area contributed by atoms with E-state index in [1.165, 1.54) is 34.1 Å². The summed E-state index contributed by atoms with van der Waals surface area (Å²) in [5.41, 5.74) is 0. The molecule has 4 aromatic carbocycles. The second-order valence-corrected chi connectivity index (χ2v) is 13.6. The van der Waals surface area contributed by atoms with Gasteiger partial charge in [-0.15, -0.1) is 0 Å². The van der Waals surface area contributed by atoms with Crippen LogP contribution in [0.5, 0.6) is 0 Å². The third-order valence-electron chi connectivity index (χ3n) is 5.97. The van der Waals surface area contributed by atoms with Crippen LogP contribution in [0.1, 0.15) is 33.6 Å². The summed E-state index contributed by atoms with van der Waals surface area (Å²) in [4.78, 5) is 0. The minimum absolute atomic E-state index is 0.445. The summed E-state index contributed by atoms with van der Waals surface area (Å²) >= 11 is 0. The molecule has 0 N–H and O–H groups in total. The van der Waals surface area contributed by atoms with Crippen molar-refractivity contribution in [3.8, 4) is 0 Å². The number of rotatable bonds is 10. The normalized spacial score (nSPS) is 12.6. The second kappa shape index (κ2) is 12.4. The molecule has 34 heavy (non-hydrogen) atoms. The van der Waals surface area contributed by atoms with Crippen molar-refractivity contribution in [3.05, 3.63) is 121 Å². The van der Waals surface area contributed by atoms with E-state index in [2.05, 4.69) is 147 Å². The maximum absolute atomic E-state index is 2.89. The van der Waals surface area contributed by atoms with E-state index in [1.54, 1.807) is 0 Å². The van der Waals surface area contributed by atoms with Crippen LogP contribution < -0.4 is 21.2 Å². The van der Waals surface area contributed by atoms with E-state index in [0.717, 1.165) is 0 Å². The highest BCUT2D eigenvalue weighted by molar-refractivity contribution is 7.84. The molecule has 0 saturated heterocycles. The highest BCUT2D eigenvalue weighted by Crippen LogP contribution is 2.56. The van der Waals surface area contributed by atoms with Crippen LogP contribution in [-0.4, -0.2) is 10.5 Å². The van der Waals surface area contributed by atoms with Crippen LogP contribution in [0.4, 0.5) is 0 Å². The largest absolute Gasteiger partial charge is 0.242 e. The van der Waals surface area contributed by atoms with E-state index in [0.29, 0.717) is 12.0 Å². The Bertz CT molecular complexity index is 939. The molecular weight excluding hydrogens is 448 g/mol. The van der Waals surface area contributed by atoms with Gasteiger partial charge in [-0.3, -0.25) is 0 Å². The van der Waals surface area contributed by atoms with Crippen molar-refractivity contribution in [3.63, 3.8) is 0 Å². The molecule has 4 aromatic rings. The zero-order valence-corrected chi connectivity index (χ0v) is 22.2. The molecule has 0 fully saturated rings. The van der Waals surface area contributed by atoms with Crippen LogP contribution in [0, 0.1) is 5.92 Å². The zero-order valence-electron chi connectivity index (χ0n) is 20.5. The molecular formula is C31H35NP2. The summed E-state index contributed by atoms with van der Waals surface area (Å²) in [5.74, 6) is 0.698. The van der Waals surface area contributed by atoms with Crippen LogP contribution in [0.25, 0.3) is 0 Å². The molecule has 1 nitrogen and oxygen atoms in total. The summed E-state index contributed by atoms with van der Waals surface area (Å²) in [6, 6.07) is 45.1. The molecule has 0 saturated carbocycles. The number of hydrogen-bond donors (Lipinski definition) is 0. The first-order chi connectivity index (χ1) is 16.6. The molecule has 0 spiro atoms. The number of hydrogen-bond acceptors (Lipinski definition) is 1. The zero-order chi connectivity index (χ0) is 23.8. The first-order valence-corrected chi connectivity index (χ1v) is 14.8. The lowest BCUT2D eigenvalue weighted by atomic mass is 10.1. The first-order valence-electron chi connectivity index (χ1n) is 12.2. The number of benzene rings is 4. The van der Waals surface area contributed by atoms with Crippen LogP contribution in [0.2, 0.25) is 0 Å². The molecule has 0 aliphatic rings. The smallest absolute Gasteiger partial charge is 0.0325 e. The lowest BCUT2D eigenvalue weighted by molar-refractivity contribution is 0.437. The van der Waals surface area contributed by atoms with Crippen molar-refractivity contribution < 1.29 is 0 Å². The molecule has 4 rings (SSSR count). The van der Waals surface area contributed by atoms with Crippen LogP contribution in [-0.2, 0) is 0 Å². The van der Waals surface area contributed by atoms with Crippen molar-refractivity contribution in [2.24, 2.45) is 5.92 Å². The van der Waals surface area contributed by atoms with Crippen molar-refractivity contribution >= 4 is 37.4 Å². The van der Waals surface area contributed by atoms with Gasteiger partial charge in [0.05, 0.1) is 0 Å². The van der Waals surface area contributed by atoms with Gasteiger partial charge in [-0.25, -0.2) is 4.44 Å². The van der Waals surface area contributed by atoms with Gasteiger partial charge in [-0.1, -0.05) is 135 Å². The Morgan fingerprint density at radius 1 is 0.471 bits per heavy atom. The molecule has 0 aliphatic carbocycles. The molecule has 0 heterocycles. The van der Waals surface area contributed by atoms with Crippen LogP contribution >= 0.6 is 16.1 Å². The summed E-state index contributed by atoms with van der Waals surface area (Å²) in [5, 5.41) is 5.66. The van der Waals surface area contributed by atoms with Crippen LogP contribution in [0.3, 0.4) is 0 Å². The second-order valence-electron chi connectivity index (χ2n) is 9.11. The average Bonchev–Trinajstić information content (AvgIpc) is 2.89. The summed E-state index contributed by atoms with van der Waals surface area (Å²) in [7, 11) is -1.42. The van der Waals surface area contributed by atoms with E-state index in [-0.39, 0.29) is 0 Å². The lowest BCUT2D eigenvalue weighted by Gasteiger charge is -2.43. The topological polar surface area (TPSA) is 3.24 Å². The monoisotopic (exact) mass is 483 g/mol. The standard InChI is InChI=1S/C31H35NP2/c1-26(2)24-25-27(3)32(33(28-16-8-4-9-17-28)29-18-10-5-11-19-29)34(30-20-12-6-13-21-30)31-22-14-7-15-23-31/h4-23,26-27H,24-25H2,1-3H3. The third-order valence-corrected chi connectivity index (χ3v) is 11.8. The minimum Gasteiger partial charge on any atom is -0.242 e. The van der Waals surface area contributed by atoms with Gasteiger partial charge in [-0.2, -0.15) is 0 Å². The van der Waals surface area contributed by atoms with E-state index in [4.69, 9.17) is 0 Å². The summed E-state index contributed by atoms with van der Waals surface area (Å²) in [6.45, 7) is 7.13. The SMILES string of the molecule is CC(C)CCC(C)N(P(c1ccccc1)c1ccccc1)P(c1ccccc1)c1ccccc1. The number of nitrogens with zero attached hydrogens (tertiary/aromatic N) is 1. The summed E-state index contributed by atoms with van der Waals surface area (Å²) < 4.78 is 2.89. The molecule has 3 heteroatoms. The Morgan fingerprint density at radius 2 is 0.765 bits per heavy atom. The van der Waals surface area contributed by atoms with Gasteiger partial charge >= 0.3 is 0 Å². The van der Waals surface area contributed by atoms with Crippen molar-refractivity contribution in [2.45, 2.75) is 39.7 Å². The van der Waals surface area contributed by atoms with E-state index >= 15 is 0 Å². The maximum Gasteiger partial charge on any atom is 0.0325 e. The molecule has 0 amide bonds. The molecule has 174 valence electrons. The fourth-order valence-corrected chi connectivity index (χ4v) is 10.6. The van der Waals surface area contributed by atoms with Gasteiger partial charge in [0.1, 0.15) is 0 Å². The molecule has 1 unspecified atom stereocenters.